The number of aryl methyl sites for hydroxylation is 1. The molecule has 1 amide bonds. The van der Waals surface area contributed by atoms with Crippen LogP contribution in [-0.4, -0.2) is 46.0 Å². The zero-order valence-electron chi connectivity index (χ0n) is 14.6. The molecule has 27 heavy (non-hydrogen) atoms. The number of alkyl halides is 3. The van der Waals surface area contributed by atoms with E-state index < -0.39 is 28.7 Å². The van der Waals surface area contributed by atoms with E-state index in [4.69, 9.17) is 4.74 Å². The number of rotatable bonds is 5. The second-order valence-corrected chi connectivity index (χ2v) is 8.67. The zero-order valence-corrected chi connectivity index (χ0v) is 15.4. The lowest BCUT2D eigenvalue weighted by atomic mass is 10.0. The molecule has 1 saturated heterocycles. The number of amides is 1. The molecule has 0 radical (unpaired) electrons. The highest BCUT2D eigenvalue weighted by molar-refractivity contribution is 7.92. The number of anilines is 2. The molecule has 1 fully saturated rings. The molecule has 1 atom stereocenters. The van der Waals surface area contributed by atoms with Crippen molar-refractivity contribution in [1.29, 1.82) is 0 Å². The lowest BCUT2D eigenvalue weighted by Crippen LogP contribution is -2.41. The van der Waals surface area contributed by atoms with Gasteiger partial charge in [0.1, 0.15) is 6.54 Å². The first-order chi connectivity index (χ1) is 12.6. The summed E-state index contributed by atoms with van der Waals surface area (Å²) in [6.07, 6.45) is -2.68. The molecule has 0 aromatic heterocycles. The number of sulfonamides is 1. The van der Waals surface area contributed by atoms with Gasteiger partial charge in [-0.25, -0.2) is 8.42 Å². The second kappa shape index (κ2) is 7.67. The minimum Gasteiger partial charge on any atom is -0.381 e. The summed E-state index contributed by atoms with van der Waals surface area (Å²) in [5.41, 5.74) is 0.971. The van der Waals surface area contributed by atoms with Crippen molar-refractivity contribution in [3.05, 3.63) is 23.8 Å². The first-order valence-corrected chi connectivity index (χ1v) is 10.4. The molecule has 6 nitrogen and oxygen atoms in total. The SMILES string of the molecule is O=C1CCc2cc(NS(=O)(=O)CC3CCCOC3)ccc2N1CC(F)(F)F. The minimum atomic E-state index is -4.51. The summed E-state index contributed by atoms with van der Waals surface area (Å²) in [4.78, 5) is 12.6. The van der Waals surface area contributed by atoms with E-state index in [0.717, 1.165) is 12.8 Å². The summed E-state index contributed by atoms with van der Waals surface area (Å²) in [6.45, 7) is -0.312. The van der Waals surface area contributed by atoms with Gasteiger partial charge in [-0.1, -0.05) is 0 Å². The van der Waals surface area contributed by atoms with Gasteiger partial charge in [0.25, 0.3) is 0 Å². The van der Waals surface area contributed by atoms with Crippen LogP contribution in [-0.2, 0) is 26.0 Å². The van der Waals surface area contributed by atoms with E-state index in [1.54, 1.807) is 0 Å². The topological polar surface area (TPSA) is 75.7 Å². The van der Waals surface area contributed by atoms with Crippen LogP contribution in [0.5, 0.6) is 0 Å². The molecule has 0 bridgehead atoms. The molecule has 1 aromatic rings. The summed E-state index contributed by atoms with van der Waals surface area (Å²) in [5.74, 6) is -0.734. The minimum absolute atomic E-state index is 0.0430. The molecular formula is C17H21F3N2O4S. The smallest absolute Gasteiger partial charge is 0.381 e. The summed E-state index contributed by atoms with van der Waals surface area (Å²) < 4.78 is 70.7. The Balaban J connectivity index is 1.74. The van der Waals surface area contributed by atoms with Crippen LogP contribution in [0.25, 0.3) is 0 Å². The maximum absolute atomic E-state index is 12.7. The average molecular weight is 406 g/mol. The Kier molecular flexibility index (Phi) is 5.66. The van der Waals surface area contributed by atoms with E-state index in [2.05, 4.69) is 4.72 Å². The number of fused-ring (bicyclic) bond motifs is 1. The quantitative estimate of drug-likeness (QED) is 0.816. The third-order valence-electron chi connectivity index (χ3n) is 4.60. The van der Waals surface area contributed by atoms with Gasteiger partial charge in [-0.2, -0.15) is 13.2 Å². The Hall–Kier alpha value is -1.81. The zero-order chi connectivity index (χ0) is 19.7. The van der Waals surface area contributed by atoms with E-state index in [9.17, 15) is 26.4 Å². The van der Waals surface area contributed by atoms with Crippen molar-refractivity contribution in [3.8, 4) is 0 Å². The van der Waals surface area contributed by atoms with Gasteiger partial charge in [0, 0.05) is 24.4 Å². The van der Waals surface area contributed by atoms with Gasteiger partial charge < -0.3 is 9.64 Å². The fraction of sp³-hybridized carbons (Fsp3) is 0.588. The Labute approximate surface area is 155 Å². The van der Waals surface area contributed by atoms with Gasteiger partial charge in [0.05, 0.1) is 12.4 Å². The van der Waals surface area contributed by atoms with Gasteiger partial charge >= 0.3 is 6.18 Å². The standard InChI is InChI=1S/C17H21F3N2O4S/c18-17(19,20)11-22-15-5-4-14(8-13(15)3-6-16(22)23)21-27(24,25)10-12-2-1-7-26-9-12/h4-5,8,12,21H,1-3,6-7,9-11H2. The molecule has 3 rings (SSSR count). The van der Waals surface area contributed by atoms with Crippen molar-refractivity contribution in [2.24, 2.45) is 5.92 Å². The van der Waals surface area contributed by atoms with Crippen molar-refractivity contribution in [1.82, 2.24) is 0 Å². The van der Waals surface area contributed by atoms with Gasteiger partial charge in [-0.05, 0) is 48.9 Å². The van der Waals surface area contributed by atoms with Gasteiger partial charge in [0.2, 0.25) is 15.9 Å². The largest absolute Gasteiger partial charge is 0.406 e. The lowest BCUT2D eigenvalue weighted by Gasteiger charge is -2.30. The number of hydrogen-bond acceptors (Lipinski definition) is 4. The lowest BCUT2D eigenvalue weighted by molar-refractivity contribution is -0.132. The van der Waals surface area contributed by atoms with Crippen LogP contribution in [0.15, 0.2) is 18.2 Å². The van der Waals surface area contributed by atoms with Crippen molar-refractivity contribution in [2.75, 3.05) is 35.1 Å². The molecule has 10 heteroatoms. The number of carbonyl (C=O) groups excluding carboxylic acids is 1. The van der Waals surface area contributed by atoms with Crippen molar-refractivity contribution in [3.63, 3.8) is 0 Å². The Morgan fingerprint density at radius 1 is 1.26 bits per heavy atom. The normalized spacial score (nSPS) is 21.1. The van der Waals surface area contributed by atoms with Crippen LogP contribution in [0.3, 0.4) is 0 Å². The molecule has 0 aliphatic carbocycles. The van der Waals surface area contributed by atoms with Gasteiger partial charge in [0.15, 0.2) is 0 Å². The number of nitrogens with zero attached hydrogens (tertiary/aromatic N) is 1. The summed E-state index contributed by atoms with van der Waals surface area (Å²) in [5, 5.41) is 0. The summed E-state index contributed by atoms with van der Waals surface area (Å²) in [6, 6.07) is 4.25. The molecular weight excluding hydrogens is 385 g/mol. The predicted molar refractivity (Wildman–Crippen MR) is 94.1 cm³/mol. The molecule has 150 valence electrons. The maximum atomic E-state index is 12.7. The molecule has 0 saturated carbocycles. The number of carbonyl (C=O) groups is 1. The van der Waals surface area contributed by atoms with E-state index in [-0.39, 0.29) is 35.9 Å². The highest BCUT2D eigenvalue weighted by Crippen LogP contribution is 2.33. The fourth-order valence-electron chi connectivity index (χ4n) is 3.45. The Morgan fingerprint density at radius 3 is 2.70 bits per heavy atom. The number of benzene rings is 1. The fourth-order valence-corrected chi connectivity index (χ4v) is 4.90. The first-order valence-electron chi connectivity index (χ1n) is 8.71. The summed E-state index contributed by atoms with van der Waals surface area (Å²) >= 11 is 0. The first kappa shape index (κ1) is 19.9. The van der Waals surface area contributed by atoms with Crippen LogP contribution < -0.4 is 9.62 Å². The Bertz CT molecular complexity index is 805. The number of ether oxygens (including phenoxy) is 1. The van der Waals surface area contributed by atoms with Crippen LogP contribution in [0.2, 0.25) is 0 Å². The third kappa shape index (κ3) is 5.35. The summed E-state index contributed by atoms with van der Waals surface area (Å²) in [7, 11) is -3.60. The van der Waals surface area contributed by atoms with E-state index in [1.165, 1.54) is 18.2 Å². The number of halogens is 3. The maximum Gasteiger partial charge on any atom is 0.406 e. The average Bonchev–Trinajstić information content (AvgIpc) is 2.56. The van der Waals surface area contributed by atoms with Crippen LogP contribution in [0.1, 0.15) is 24.8 Å². The second-order valence-electron chi connectivity index (χ2n) is 6.91. The van der Waals surface area contributed by atoms with Gasteiger partial charge in [-0.3, -0.25) is 9.52 Å². The third-order valence-corrected chi connectivity index (χ3v) is 6.06. The van der Waals surface area contributed by atoms with Crippen molar-refractivity contribution >= 4 is 27.3 Å². The van der Waals surface area contributed by atoms with E-state index >= 15 is 0 Å². The monoisotopic (exact) mass is 406 g/mol. The van der Waals surface area contributed by atoms with Crippen molar-refractivity contribution in [2.45, 2.75) is 31.9 Å². The predicted octanol–water partition coefficient (Wildman–Crippen LogP) is 2.70. The van der Waals surface area contributed by atoms with Crippen LogP contribution >= 0.6 is 0 Å². The molecule has 2 heterocycles. The highest BCUT2D eigenvalue weighted by Gasteiger charge is 2.36. The van der Waals surface area contributed by atoms with E-state index in [1.807, 2.05) is 0 Å². The number of hydrogen-bond donors (Lipinski definition) is 1. The molecule has 2 aliphatic heterocycles. The molecule has 1 N–H and O–H groups in total. The van der Waals surface area contributed by atoms with Crippen molar-refractivity contribution < 1.29 is 31.1 Å². The van der Waals surface area contributed by atoms with Crippen LogP contribution in [0, 0.1) is 5.92 Å². The van der Waals surface area contributed by atoms with Gasteiger partial charge in [-0.15, -0.1) is 0 Å². The van der Waals surface area contributed by atoms with E-state index in [0.29, 0.717) is 23.7 Å². The van der Waals surface area contributed by atoms with Crippen LogP contribution in [0.4, 0.5) is 24.5 Å². The highest BCUT2D eigenvalue weighted by atomic mass is 32.2. The Morgan fingerprint density at radius 2 is 2.04 bits per heavy atom. The molecule has 1 aromatic carbocycles. The number of nitrogens with one attached hydrogen (secondary N) is 1. The molecule has 0 spiro atoms. The molecule has 1 unspecified atom stereocenters. The molecule has 2 aliphatic rings.